The number of hydrogen-bond donors (Lipinski definition) is 1. The first kappa shape index (κ1) is 21.3. The lowest BCUT2D eigenvalue weighted by Crippen LogP contribution is -2.06. The second-order valence-corrected chi connectivity index (χ2v) is 6.24. The number of allylic oxidation sites excluding steroid dienone is 1. The van der Waals surface area contributed by atoms with E-state index >= 15 is 0 Å². The molecule has 0 aliphatic heterocycles. The van der Waals surface area contributed by atoms with Crippen LogP contribution in [0.4, 0.5) is 11.4 Å². The maximum Gasteiger partial charge on any atom is 0.327 e. The van der Waals surface area contributed by atoms with E-state index in [1.54, 1.807) is 0 Å². The molecule has 0 amide bonds. The molecule has 0 aromatic heterocycles. The zero-order valence-electron chi connectivity index (χ0n) is 15.0. The molecule has 0 saturated heterocycles. The summed E-state index contributed by atoms with van der Waals surface area (Å²) in [5, 5.41) is 31.3. The lowest BCUT2D eigenvalue weighted by molar-refractivity contribution is -0.394. The number of unbranched alkanes of at least 4 members (excludes halogenated alkanes) is 3. The average Bonchev–Trinajstić information content (AvgIpc) is 2.57. The van der Waals surface area contributed by atoms with Crippen LogP contribution in [0.1, 0.15) is 63.0 Å². The number of aliphatic carboxylic acids is 1. The standard InChI is InChI=1S/C18H24N2O6/c1-3-4-5-6-8-13(2)16-11-14(19(23)24)12-17(20(25)26)15(16)9-7-10-18(21)22/h7,10-13H,3-6,8-9H2,1-2H3,(H,21,22)/b10-7+. The lowest BCUT2D eigenvalue weighted by atomic mass is 9.88. The van der Waals surface area contributed by atoms with Gasteiger partial charge in [0, 0.05) is 17.7 Å². The van der Waals surface area contributed by atoms with Crippen molar-refractivity contribution in [3.05, 3.63) is 55.6 Å². The van der Waals surface area contributed by atoms with Crippen LogP contribution >= 0.6 is 0 Å². The zero-order chi connectivity index (χ0) is 19.7. The molecular weight excluding hydrogens is 340 g/mol. The van der Waals surface area contributed by atoms with Crippen LogP contribution in [0.5, 0.6) is 0 Å². The van der Waals surface area contributed by atoms with Crippen LogP contribution in [0.15, 0.2) is 24.3 Å². The van der Waals surface area contributed by atoms with Crippen molar-refractivity contribution in [3.63, 3.8) is 0 Å². The highest BCUT2D eigenvalue weighted by Crippen LogP contribution is 2.35. The fourth-order valence-electron chi connectivity index (χ4n) is 2.90. The van der Waals surface area contributed by atoms with E-state index in [1.807, 2.05) is 6.92 Å². The van der Waals surface area contributed by atoms with Gasteiger partial charge >= 0.3 is 5.97 Å². The van der Waals surface area contributed by atoms with Gasteiger partial charge in [-0.15, -0.1) is 0 Å². The highest BCUT2D eigenvalue weighted by Gasteiger charge is 2.25. The normalized spacial score (nSPS) is 12.2. The zero-order valence-corrected chi connectivity index (χ0v) is 15.0. The fourth-order valence-corrected chi connectivity index (χ4v) is 2.90. The molecule has 1 atom stereocenters. The minimum absolute atomic E-state index is 0.0369. The number of nitro groups is 2. The van der Waals surface area contributed by atoms with Crippen LogP contribution in [0.25, 0.3) is 0 Å². The van der Waals surface area contributed by atoms with Gasteiger partial charge < -0.3 is 5.11 Å². The largest absolute Gasteiger partial charge is 0.478 e. The molecule has 0 spiro atoms. The van der Waals surface area contributed by atoms with Crippen LogP contribution < -0.4 is 0 Å². The van der Waals surface area contributed by atoms with Crippen LogP contribution in [0.3, 0.4) is 0 Å². The van der Waals surface area contributed by atoms with Crippen molar-refractivity contribution in [2.45, 2.75) is 58.3 Å². The third-order valence-electron chi connectivity index (χ3n) is 4.26. The van der Waals surface area contributed by atoms with Crippen molar-refractivity contribution < 1.29 is 19.7 Å². The minimum atomic E-state index is -1.15. The van der Waals surface area contributed by atoms with Gasteiger partial charge in [-0.1, -0.05) is 45.6 Å². The highest BCUT2D eigenvalue weighted by atomic mass is 16.6. The van der Waals surface area contributed by atoms with Gasteiger partial charge in [0.2, 0.25) is 0 Å². The molecule has 1 aromatic rings. The Labute approximate surface area is 151 Å². The molecule has 1 unspecified atom stereocenters. The van der Waals surface area contributed by atoms with Crippen LogP contribution in [-0.2, 0) is 11.2 Å². The molecule has 0 aliphatic rings. The first-order valence-electron chi connectivity index (χ1n) is 8.63. The number of carboxylic acids is 1. The van der Waals surface area contributed by atoms with Gasteiger partial charge in [0.25, 0.3) is 11.4 Å². The number of rotatable bonds is 11. The molecule has 0 radical (unpaired) electrons. The second-order valence-electron chi connectivity index (χ2n) is 6.24. The Morgan fingerprint density at radius 2 is 1.88 bits per heavy atom. The fraction of sp³-hybridized carbons (Fsp3) is 0.500. The van der Waals surface area contributed by atoms with E-state index in [9.17, 15) is 25.0 Å². The Kier molecular flexibility index (Phi) is 8.41. The number of nitrogens with zero attached hydrogens (tertiary/aromatic N) is 2. The molecule has 0 fully saturated rings. The summed E-state index contributed by atoms with van der Waals surface area (Å²) in [6, 6.07) is 2.32. The molecular formula is C18H24N2O6. The van der Waals surface area contributed by atoms with Crippen molar-refractivity contribution in [2.24, 2.45) is 0 Å². The monoisotopic (exact) mass is 364 g/mol. The van der Waals surface area contributed by atoms with Crippen molar-refractivity contribution in [1.29, 1.82) is 0 Å². The summed E-state index contributed by atoms with van der Waals surface area (Å²) in [4.78, 5) is 31.9. The quantitative estimate of drug-likeness (QED) is 0.261. The molecule has 1 rings (SSSR count). The third-order valence-corrected chi connectivity index (χ3v) is 4.26. The molecule has 26 heavy (non-hydrogen) atoms. The van der Waals surface area contributed by atoms with E-state index in [2.05, 4.69) is 6.92 Å². The summed E-state index contributed by atoms with van der Waals surface area (Å²) in [7, 11) is 0. The van der Waals surface area contributed by atoms with Crippen LogP contribution in [-0.4, -0.2) is 20.9 Å². The smallest absolute Gasteiger partial charge is 0.327 e. The topological polar surface area (TPSA) is 124 Å². The highest BCUT2D eigenvalue weighted by molar-refractivity contribution is 5.79. The number of hydrogen-bond acceptors (Lipinski definition) is 5. The number of non-ortho nitro benzene ring substituents is 1. The van der Waals surface area contributed by atoms with Crippen LogP contribution in [0, 0.1) is 20.2 Å². The molecule has 8 heteroatoms. The van der Waals surface area contributed by atoms with E-state index in [4.69, 9.17) is 5.11 Å². The first-order chi connectivity index (χ1) is 12.3. The molecule has 0 bridgehead atoms. The van der Waals surface area contributed by atoms with Gasteiger partial charge in [0.15, 0.2) is 0 Å². The molecule has 1 N–H and O–H groups in total. The molecule has 1 aromatic carbocycles. The first-order valence-corrected chi connectivity index (χ1v) is 8.63. The molecule has 142 valence electrons. The molecule has 0 aliphatic carbocycles. The van der Waals surface area contributed by atoms with E-state index in [-0.39, 0.29) is 23.7 Å². The predicted octanol–water partition coefficient (Wildman–Crippen LogP) is 4.76. The Balaban J connectivity index is 3.29. The van der Waals surface area contributed by atoms with Crippen molar-refractivity contribution in [3.8, 4) is 0 Å². The van der Waals surface area contributed by atoms with Gasteiger partial charge in [-0.25, -0.2) is 4.79 Å². The number of benzene rings is 1. The maximum absolute atomic E-state index is 11.4. The summed E-state index contributed by atoms with van der Waals surface area (Å²) in [6.45, 7) is 3.99. The van der Waals surface area contributed by atoms with Gasteiger partial charge in [-0.2, -0.15) is 0 Å². The minimum Gasteiger partial charge on any atom is -0.478 e. The van der Waals surface area contributed by atoms with Crippen molar-refractivity contribution in [1.82, 2.24) is 0 Å². The Morgan fingerprint density at radius 1 is 1.19 bits per heavy atom. The van der Waals surface area contributed by atoms with Gasteiger partial charge in [-0.05, 0) is 24.3 Å². The van der Waals surface area contributed by atoms with Crippen LogP contribution in [0.2, 0.25) is 0 Å². The number of carbonyl (C=O) groups is 1. The van der Waals surface area contributed by atoms with Gasteiger partial charge in [-0.3, -0.25) is 20.2 Å². The summed E-state index contributed by atoms with van der Waals surface area (Å²) in [5.41, 5.74) is 0.209. The van der Waals surface area contributed by atoms with Gasteiger partial charge in [0.1, 0.15) is 0 Å². The molecule has 0 heterocycles. The summed E-state index contributed by atoms with van der Waals surface area (Å²) in [6.07, 6.45) is 7.17. The Bertz CT molecular complexity index is 699. The van der Waals surface area contributed by atoms with Crippen molar-refractivity contribution >= 4 is 17.3 Å². The maximum atomic E-state index is 11.4. The third kappa shape index (κ3) is 6.27. The summed E-state index contributed by atoms with van der Waals surface area (Å²) >= 11 is 0. The van der Waals surface area contributed by atoms with E-state index in [1.165, 1.54) is 12.1 Å². The Hall–Kier alpha value is -2.77. The molecule has 0 saturated carbocycles. The summed E-state index contributed by atoms with van der Waals surface area (Å²) < 4.78 is 0. The van der Waals surface area contributed by atoms with E-state index < -0.39 is 15.8 Å². The van der Waals surface area contributed by atoms with Gasteiger partial charge in [0.05, 0.1) is 15.9 Å². The number of carboxylic acid groups (broad SMARTS) is 1. The summed E-state index contributed by atoms with van der Waals surface area (Å²) in [5.74, 6) is -1.25. The number of nitro benzene ring substituents is 2. The second kappa shape index (κ2) is 10.3. The molecule has 8 nitrogen and oxygen atoms in total. The van der Waals surface area contributed by atoms with Crippen molar-refractivity contribution in [2.75, 3.05) is 0 Å². The van der Waals surface area contributed by atoms with E-state index in [0.717, 1.165) is 44.2 Å². The van der Waals surface area contributed by atoms with E-state index in [0.29, 0.717) is 11.1 Å². The predicted molar refractivity (Wildman–Crippen MR) is 97.4 cm³/mol. The average molecular weight is 364 g/mol. The lowest BCUT2D eigenvalue weighted by Gasteiger charge is -2.16. The Morgan fingerprint density at radius 3 is 2.42 bits per heavy atom. The SMILES string of the molecule is CCCCCCC(C)c1cc([N+](=O)[O-])cc([N+](=O)[O-])c1C/C=C/C(=O)O.